The number of thiocarbonyl (C=S) groups is 1. The van der Waals surface area contributed by atoms with Crippen LogP contribution in [0.5, 0.6) is 5.75 Å². The molecule has 1 heterocycles. The topological polar surface area (TPSA) is 15.7 Å². The third-order valence-corrected chi connectivity index (χ3v) is 5.04. The van der Waals surface area contributed by atoms with Crippen molar-refractivity contribution in [3.8, 4) is 5.75 Å². The Hall–Kier alpha value is -1.91. The summed E-state index contributed by atoms with van der Waals surface area (Å²) in [5.41, 5.74) is 3.61. The third kappa shape index (κ3) is 3.94. The normalized spacial score (nSPS) is 15.3. The van der Waals surface area contributed by atoms with E-state index in [1.54, 1.807) is 7.11 Å². The Morgan fingerprint density at radius 1 is 1.04 bits per heavy atom. The fraction of sp³-hybridized carbons (Fsp3) is 0.350. The maximum Gasteiger partial charge on any atom is 0.121 e. The van der Waals surface area contributed by atoms with Crippen LogP contribution in [-0.2, 0) is 6.54 Å². The third-order valence-electron chi connectivity index (χ3n) is 4.55. The second-order valence-corrected chi connectivity index (χ2v) is 6.63. The predicted molar refractivity (Wildman–Crippen MR) is 103 cm³/mol. The summed E-state index contributed by atoms with van der Waals surface area (Å²) in [6.07, 6.45) is 0. The van der Waals surface area contributed by atoms with Gasteiger partial charge in [-0.15, -0.1) is 0 Å². The van der Waals surface area contributed by atoms with E-state index in [0.717, 1.165) is 54.6 Å². The maximum absolute atomic E-state index is 5.71. The first-order chi connectivity index (χ1) is 11.7. The van der Waals surface area contributed by atoms with E-state index in [9.17, 15) is 0 Å². The number of rotatable bonds is 4. The Bertz CT molecular complexity index is 694. The summed E-state index contributed by atoms with van der Waals surface area (Å²) in [5, 5.41) is 0. The first kappa shape index (κ1) is 16.9. The van der Waals surface area contributed by atoms with E-state index in [2.05, 4.69) is 59.2 Å². The molecule has 2 aromatic rings. The molecule has 24 heavy (non-hydrogen) atoms. The van der Waals surface area contributed by atoms with Crippen molar-refractivity contribution in [2.24, 2.45) is 0 Å². The number of nitrogens with zero attached hydrogens (tertiary/aromatic N) is 2. The van der Waals surface area contributed by atoms with Crippen molar-refractivity contribution in [1.82, 2.24) is 9.80 Å². The first-order valence-corrected chi connectivity index (χ1v) is 8.78. The Balaban J connectivity index is 1.58. The highest BCUT2D eigenvalue weighted by Gasteiger charge is 2.20. The van der Waals surface area contributed by atoms with Gasteiger partial charge in [0.1, 0.15) is 10.7 Å². The van der Waals surface area contributed by atoms with E-state index in [1.165, 1.54) is 5.56 Å². The number of benzene rings is 2. The summed E-state index contributed by atoms with van der Waals surface area (Å²) in [7, 11) is 1.70. The molecule has 4 heteroatoms. The van der Waals surface area contributed by atoms with Crippen molar-refractivity contribution in [3.63, 3.8) is 0 Å². The lowest BCUT2D eigenvalue weighted by Gasteiger charge is -2.36. The van der Waals surface area contributed by atoms with E-state index in [0.29, 0.717) is 0 Å². The van der Waals surface area contributed by atoms with Crippen molar-refractivity contribution in [2.75, 3.05) is 33.3 Å². The maximum atomic E-state index is 5.71. The molecule has 0 saturated carbocycles. The monoisotopic (exact) mass is 340 g/mol. The van der Waals surface area contributed by atoms with Gasteiger partial charge in [0, 0.05) is 38.3 Å². The lowest BCUT2D eigenvalue weighted by molar-refractivity contribution is 0.177. The molecule has 0 bridgehead atoms. The number of hydrogen-bond acceptors (Lipinski definition) is 3. The van der Waals surface area contributed by atoms with Crippen molar-refractivity contribution in [1.29, 1.82) is 0 Å². The lowest BCUT2D eigenvalue weighted by Crippen LogP contribution is -2.48. The van der Waals surface area contributed by atoms with Gasteiger partial charge in [-0.25, -0.2) is 0 Å². The lowest BCUT2D eigenvalue weighted by atomic mass is 10.1. The van der Waals surface area contributed by atoms with Gasteiger partial charge in [0.15, 0.2) is 0 Å². The van der Waals surface area contributed by atoms with Gasteiger partial charge in [0.2, 0.25) is 0 Å². The van der Waals surface area contributed by atoms with Crippen LogP contribution in [-0.4, -0.2) is 48.1 Å². The quantitative estimate of drug-likeness (QED) is 0.791. The Labute approximate surface area is 149 Å². The largest absolute Gasteiger partial charge is 0.496 e. The zero-order valence-corrected chi connectivity index (χ0v) is 15.2. The summed E-state index contributed by atoms with van der Waals surface area (Å²) in [6.45, 7) is 7.13. The van der Waals surface area contributed by atoms with Gasteiger partial charge >= 0.3 is 0 Å². The minimum Gasteiger partial charge on any atom is -0.496 e. The molecule has 0 aromatic heterocycles. The van der Waals surface area contributed by atoms with Crippen LogP contribution in [0.4, 0.5) is 0 Å². The highest BCUT2D eigenvalue weighted by Crippen LogP contribution is 2.20. The predicted octanol–water partition coefficient (Wildman–Crippen LogP) is 3.50. The molecule has 0 N–H and O–H groups in total. The van der Waals surface area contributed by atoms with Crippen molar-refractivity contribution >= 4 is 17.2 Å². The average molecular weight is 340 g/mol. The smallest absolute Gasteiger partial charge is 0.121 e. The number of ether oxygens (including phenoxy) is 1. The molecule has 1 fully saturated rings. The molecular weight excluding hydrogens is 316 g/mol. The van der Waals surface area contributed by atoms with E-state index >= 15 is 0 Å². The van der Waals surface area contributed by atoms with E-state index < -0.39 is 0 Å². The van der Waals surface area contributed by atoms with Gasteiger partial charge in [-0.3, -0.25) is 4.90 Å². The fourth-order valence-corrected chi connectivity index (χ4v) is 3.45. The molecule has 126 valence electrons. The van der Waals surface area contributed by atoms with Gasteiger partial charge in [0.05, 0.1) is 7.11 Å². The molecule has 3 rings (SSSR count). The Kier molecular flexibility index (Phi) is 5.48. The second-order valence-electron chi connectivity index (χ2n) is 6.24. The number of piperazine rings is 1. The average Bonchev–Trinajstić information content (AvgIpc) is 2.62. The van der Waals surface area contributed by atoms with Crippen molar-refractivity contribution in [3.05, 3.63) is 65.2 Å². The molecule has 1 aliphatic heterocycles. The minimum atomic E-state index is 0.911. The zero-order valence-electron chi connectivity index (χ0n) is 14.4. The van der Waals surface area contributed by atoms with Crippen LogP contribution in [0.25, 0.3) is 0 Å². The van der Waals surface area contributed by atoms with Gasteiger partial charge < -0.3 is 9.64 Å². The van der Waals surface area contributed by atoms with Crippen molar-refractivity contribution in [2.45, 2.75) is 13.5 Å². The molecule has 1 aliphatic rings. The highest BCUT2D eigenvalue weighted by atomic mass is 32.1. The summed E-state index contributed by atoms with van der Waals surface area (Å²) in [4.78, 5) is 5.76. The summed E-state index contributed by atoms with van der Waals surface area (Å²) < 4.78 is 5.33. The fourth-order valence-electron chi connectivity index (χ4n) is 3.14. The van der Waals surface area contributed by atoms with E-state index in [-0.39, 0.29) is 0 Å². The standard InChI is InChI=1S/C20H24N2OS/c1-16-14-18(8-9-19(16)23-2)20(24)22-12-10-21(11-13-22)15-17-6-4-3-5-7-17/h3-9,14H,10-13,15H2,1-2H3. The Morgan fingerprint density at radius 2 is 1.75 bits per heavy atom. The highest BCUT2D eigenvalue weighted by molar-refractivity contribution is 7.80. The van der Waals surface area contributed by atoms with Crippen LogP contribution >= 0.6 is 12.2 Å². The molecule has 0 unspecified atom stereocenters. The molecule has 0 radical (unpaired) electrons. The second kappa shape index (κ2) is 7.77. The van der Waals surface area contributed by atoms with E-state index in [4.69, 9.17) is 17.0 Å². The number of aryl methyl sites for hydroxylation is 1. The summed E-state index contributed by atoms with van der Waals surface area (Å²) >= 11 is 5.71. The van der Waals surface area contributed by atoms with Crippen LogP contribution in [0.15, 0.2) is 48.5 Å². The van der Waals surface area contributed by atoms with Crippen LogP contribution in [0.2, 0.25) is 0 Å². The molecule has 0 aliphatic carbocycles. The zero-order chi connectivity index (χ0) is 16.9. The van der Waals surface area contributed by atoms with Gasteiger partial charge in [-0.05, 0) is 36.2 Å². The minimum absolute atomic E-state index is 0.911. The molecule has 0 spiro atoms. The molecular formula is C20H24N2OS. The van der Waals surface area contributed by atoms with Crippen LogP contribution in [0.1, 0.15) is 16.7 Å². The van der Waals surface area contributed by atoms with E-state index in [1.807, 2.05) is 6.07 Å². The summed E-state index contributed by atoms with van der Waals surface area (Å²) in [6, 6.07) is 16.8. The van der Waals surface area contributed by atoms with Crippen LogP contribution in [0, 0.1) is 6.92 Å². The number of methoxy groups -OCH3 is 1. The molecule has 0 amide bonds. The van der Waals surface area contributed by atoms with Gasteiger partial charge in [-0.2, -0.15) is 0 Å². The van der Waals surface area contributed by atoms with Crippen LogP contribution in [0.3, 0.4) is 0 Å². The first-order valence-electron chi connectivity index (χ1n) is 8.37. The molecule has 1 saturated heterocycles. The Morgan fingerprint density at radius 3 is 2.38 bits per heavy atom. The number of hydrogen-bond donors (Lipinski definition) is 0. The SMILES string of the molecule is COc1ccc(C(=S)N2CCN(Cc3ccccc3)CC2)cc1C. The molecule has 0 atom stereocenters. The van der Waals surface area contributed by atoms with Gasteiger partial charge in [-0.1, -0.05) is 42.5 Å². The van der Waals surface area contributed by atoms with Crippen LogP contribution < -0.4 is 4.74 Å². The van der Waals surface area contributed by atoms with Gasteiger partial charge in [0.25, 0.3) is 0 Å². The molecule has 3 nitrogen and oxygen atoms in total. The summed E-state index contributed by atoms with van der Waals surface area (Å²) in [5.74, 6) is 0.911. The van der Waals surface area contributed by atoms with Crippen molar-refractivity contribution < 1.29 is 4.74 Å². The molecule has 2 aromatic carbocycles.